The molecular weight excluding hydrogens is 268 g/mol. The van der Waals surface area contributed by atoms with E-state index in [0.29, 0.717) is 0 Å². The summed E-state index contributed by atoms with van der Waals surface area (Å²) in [5.41, 5.74) is 0.230. The molecule has 1 amide bonds. The molecule has 0 fully saturated rings. The number of halogens is 4. The van der Waals surface area contributed by atoms with Gasteiger partial charge in [-0.25, -0.2) is 0 Å². The Kier molecular flexibility index (Phi) is 4.69. The number of ether oxygens (including phenoxy) is 1. The fraction of sp³-hybridized carbons (Fsp3) is 0.273. The van der Waals surface area contributed by atoms with Crippen LogP contribution in [0.3, 0.4) is 0 Å². The number of hydrogen-bond donors (Lipinski definition) is 1. The molecule has 0 atom stereocenters. The minimum atomic E-state index is -4.58. The van der Waals surface area contributed by atoms with Gasteiger partial charge in [-0.1, -0.05) is 0 Å². The quantitative estimate of drug-likeness (QED) is 0.841. The third kappa shape index (κ3) is 4.46. The topological polar surface area (TPSA) is 62.1 Å². The lowest BCUT2D eigenvalue weighted by atomic mass is 10.3. The van der Waals surface area contributed by atoms with E-state index in [1.807, 2.05) is 0 Å². The molecule has 0 aromatic heterocycles. The lowest BCUT2D eigenvalue weighted by Gasteiger charge is -2.16. The third-order valence-electron chi connectivity index (χ3n) is 1.89. The van der Waals surface area contributed by atoms with Gasteiger partial charge in [0.1, 0.15) is 12.2 Å². The number of benzene rings is 1. The highest BCUT2D eigenvalue weighted by Gasteiger charge is 2.43. The lowest BCUT2D eigenvalue weighted by molar-refractivity contribution is -0.253. The highest BCUT2D eigenvalue weighted by molar-refractivity contribution is 5.92. The van der Waals surface area contributed by atoms with Crippen molar-refractivity contribution in [2.24, 2.45) is 0 Å². The number of nitriles is 1. The Morgan fingerprint density at radius 1 is 1.37 bits per heavy atom. The van der Waals surface area contributed by atoms with Crippen molar-refractivity contribution in [3.8, 4) is 11.8 Å². The number of hydrogen-bond acceptors (Lipinski definition) is 3. The monoisotopic (exact) mass is 276 g/mol. The first-order chi connectivity index (χ1) is 8.85. The maximum Gasteiger partial charge on any atom is 0.461 e. The normalized spacial score (nSPS) is 10.9. The average Bonchev–Trinajstić information content (AvgIpc) is 2.31. The summed E-state index contributed by atoms with van der Waals surface area (Å²) in [6.45, 7) is 0. The molecule has 0 heterocycles. The van der Waals surface area contributed by atoms with Crippen molar-refractivity contribution in [1.82, 2.24) is 0 Å². The van der Waals surface area contributed by atoms with Crippen LogP contribution in [0.4, 0.5) is 23.2 Å². The maximum absolute atomic E-state index is 12.6. The number of nitrogens with one attached hydrogen (secondary N) is 1. The fourth-order valence-corrected chi connectivity index (χ4v) is 1.08. The van der Waals surface area contributed by atoms with Gasteiger partial charge in [0.2, 0.25) is 5.91 Å². The van der Waals surface area contributed by atoms with Gasteiger partial charge in [0.15, 0.2) is 0 Å². The molecule has 1 aromatic carbocycles. The summed E-state index contributed by atoms with van der Waals surface area (Å²) in [5, 5.41) is 10.6. The first-order valence-corrected chi connectivity index (χ1v) is 4.97. The molecule has 8 heteroatoms. The van der Waals surface area contributed by atoms with Gasteiger partial charge >= 0.3 is 12.5 Å². The summed E-state index contributed by atoms with van der Waals surface area (Å²) in [4.78, 5) is 11.0. The van der Waals surface area contributed by atoms with E-state index in [1.54, 1.807) is 6.07 Å². The Hall–Kier alpha value is -2.30. The van der Waals surface area contributed by atoms with Crippen LogP contribution in [0.2, 0.25) is 0 Å². The zero-order chi connectivity index (χ0) is 14.5. The molecule has 0 unspecified atom stereocenters. The van der Waals surface area contributed by atoms with Crippen molar-refractivity contribution in [3.05, 3.63) is 24.3 Å². The molecule has 0 bridgehead atoms. The van der Waals surface area contributed by atoms with E-state index >= 15 is 0 Å². The summed E-state index contributed by atoms with van der Waals surface area (Å²) in [6.07, 6.45) is -8.88. The molecule has 1 N–H and O–H groups in total. The molecule has 4 nitrogen and oxygen atoms in total. The van der Waals surface area contributed by atoms with Crippen LogP contribution in [-0.4, -0.2) is 18.4 Å². The second kappa shape index (κ2) is 6.04. The summed E-state index contributed by atoms with van der Waals surface area (Å²) in [7, 11) is 0. The van der Waals surface area contributed by atoms with Crippen LogP contribution in [0.25, 0.3) is 0 Å². The van der Waals surface area contributed by atoms with Gasteiger partial charge in [-0.05, 0) is 24.3 Å². The fourth-order valence-electron chi connectivity index (χ4n) is 1.08. The number of carbonyl (C=O) groups excluding carboxylic acids is 1. The second-order valence-electron chi connectivity index (χ2n) is 3.37. The van der Waals surface area contributed by atoms with E-state index in [2.05, 4.69) is 10.1 Å². The molecule has 0 saturated carbocycles. The smallest absolute Gasteiger partial charge is 0.428 e. The van der Waals surface area contributed by atoms with Crippen LogP contribution in [0.15, 0.2) is 24.3 Å². The third-order valence-corrected chi connectivity index (χ3v) is 1.89. The Balaban J connectivity index is 2.67. The van der Waals surface area contributed by atoms with Crippen LogP contribution < -0.4 is 10.1 Å². The van der Waals surface area contributed by atoms with E-state index in [-0.39, 0.29) is 12.1 Å². The van der Waals surface area contributed by atoms with Crippen molar-refractivity contribution in [1.29, 1.82) is 5.26 Å². The van der Waals surface area contributed by atoms with Gasteiger partial charge in [-0.2, -0.15) is 22.8 Å². The standard InChI is InChI=1S/C11H8F4N2O2/c12-10(13)11(14,15)19-8-3-1-7(2-4-8)17-9(18)5-6-16/h1-4,10H,5H2,(H,17,18). The molecule has 0 aliphatic heterocycles. The molecule has 1 rings (SSSR count). The van der Waals surface area contributed by atoms with E-state index in [0.717, 1.165) is 12.1 Å². The molecule has 0 aliphatic rings. The van der Waals surface area contributed by atoms with E-state index in [4.69, 9.17) is 5.26 Å². The van der Waals surface area contributed by atoms with E-state index < -0.39 is 24.2 Å². The zero-order valence-corrected chi connectivity index (χ0v) is 9.37. The zero-order valence-electron chi connectivity index (χ0n) is 9.37. The minimum absolute atomic E-state index is 0.230. The number of amides is 1. The van der Waals surface area contributed by atoms with Gasteiger partial charge in [0.25, 0.3) is 0 Å². The maximum atomic E-state index is 12.6. The molecule has 0 saturated heterocycles. The van der Waals surface area contributed by atoms with Crippen LogP contribution in [0, 0.1) is 11.3 Å². The van der Waals surface area contributed by atoms with Gasteiger partial charge in [0.05, 0.1) is 6.07 Å². The number of rotatable bonds is 5. The lowest BCUT2D eigenvalue weighted by Crippen LogP contribution is -2.33. The second-order valence-corrected chi connectivity index (χ2v) is 3.37. The van der Waals surface area contributed by atoms with Crippen LogP contribution in [-0.2, 0) is 4.79 Å². The summed E-state index contributed by atoms with van der Waals surface area (Å²) in [5.74, 6) is -1.04. The Morgan fingerprint density at radius 3 is 2.42 bits per heavy atom. The minimum Gasteiger partial charge on any atom is -0.428 e. The van der Waals surface area contributed by atoms with Crippen LogP contribution in [0.5, 0.6) is 5.75 Å². The average molecular weight is 276 g/mol. The van der Waals surface area contributed by atoms with Gasteiger partial charge in [0, 0.05) is 5.69 Å². The summed E-state index contributed by atoms with van der Waals surface area (Å²) in [6, 6.07) is 5.99. The van der Waals surface area contributed by atoms with Crippen molar-refractivity contribution < 1.29 is 27.1 Å². The molecule has 1 aromatic rings. The van der Waals surface area contributed by atoms with Crippen molar-refractivity contribution in [3.63, 3.8) is 0 Å². The molecular formula is C11H8F4N2O2. The highest BCUT2D eigenvalue weighted by atomic mass is 19.3. The molecule has 0 radical (unpaired) electrons. The van der Waals surface area contributed by atoms with Crippen LogP contribution in [0.1, 0.15) is 6.42 Å². The van der Waals surface area contributed by atoms with Crippen molar-refractivity contribution in [2.75, 3.05) is 5.32 Å². The number of alkyl halides is 4. The predicted octanol–water partition coefficient (Wildman–Crippen LogP) is 2.78. The van der Waals surface area contributed by atoms with Crippen molar-refractivity contribution >= 4 is 11.6 Å². The number of nitrogens with zero attached hydrogens (tertiary/aromatic N) is 1. The molecule has 102 valence electrons. The predicted molar refractivity (Wildman–Crippen MR) is 56.9 cm³/mol. The summed E-state index contributed by atoms with van der Waals surface area (Å²) >= 11 is 0. The molecule has 0 spiro atoms. The van der Waals surface area contributed by atoms with Gasteiger partial charge in [-0.15, -0.1) is 0 Å². The Morgan fingerprint density at radius 2 is 1.95 bits per heavy atom. The van der Waals surface area contributed by atoms with E-state index in [9.17, 15) is 22.4 Å². The first kappa shape index (κ1) is 14.8. The van der Waals surface area contributed by atoms with Crippen LogP contribution >= 0.6 is 0 Å². The van der Waals surface area contributed by atoms with E-state index in [1.165, 1.54) is 12.1 Å². The first-order valence-electron chi connectivity index (χ1n) is 4.97. The number of carbonyl (C=O) groups is 1. The molecule has 0 aliphatic carbocycles. The Bertz CT molecular complexity index is 482. The largest absolute Gasteiger partial charge is 0.461 e. The Labute approximate surface area is 105 Å². The number of anilines is 1. The van der Waals surface area contributed by atoms with Crippen molar-refractivity contribution in [2.45, 2.75) is 19.0 Å². The molecule has 19 heavy (non-hydrogen) atoms. The highest BCUT2D eigenvalue weighted by Crippen LogP contribution is 2.28. The van der Waals surface area contributed by atoms with Gasteiger partial charge < -0.3 is 10.1 Å². The SMILES string of the molecule is N#CCC(=O)Nc1ccc(OC(F)(F)C(F)F)cc1. The van der Waals surface area contributed by atoms with Gasteiger partial charge in [-0.3, -0.25) is 4.79 Å². The summed E-state index contributed by atoms with van der Waals surface area (Å²) < 4.78 is 52.7.